The van der Waals surface area contributed by atoms with Gasteiger partial charge in [0.15, 0.2) is 0 Å². The number of hydrogen-bond donors (Lipinski definition) is 0. The van der Waals surface area contributed by atoms with Gasteiger partial charge in [-0.3, -0.25) is 9.78 Å². The molecule has 2 fully saturated rings. The van der Waals surface area contributed by atoms with Crippen molar-refractivity contribution in [2.75, 3.05) is 26.2 Å². The predicted molar refractivity (Wildman–Crippen MR) is 138 cm³/mol. The van der Waals surface area contributed by atoms with E-state index in [9.17, 15) is 4.79 Å². The number of amides is 1. The number of hydrogen-bond acceptors (Lipinski definition) is 4. The maximum Gasteiger partial charge on any atom is 0.261 e. The van der Waals surface area contributed by atoms with Crippen LogP contribution in [-0.4, -0.2) is 46.9 Å². The summed E-state index contributed by atoms with van der Waals surface area (Å²) in [5.41, 5.74) is 2.98. The second-order valence-electron chi connectivity index (χ2n) is 8.75. The molecule has 0 aliphatic carbocycles. The molecule has 2 saturated heterocycles. The third-order valence-electron chi connectivity index (χ3n) is 6.36. The Morgan fingerprint density at radius 3 is 2.73 bits per heavy atom. The van der Waals surface area contributed by atoms with Crippen LogP contribution in [0.4, 0.5) is 0 Å². The fourth-order valence-electron chi connectivity index (χ4n) is 4.67. The Morgan fingerprint density at radius 2 is 1.88 bits per heavy atom. The van der Waals surface area contributed by atoms with Crippen LogP contribution in [0.3, 0.4) is 0 Å². The highest BCUT2D eigenvalue weighted by Crippen LogP contribution is 2.46. The maximum absolute atomic E-state index is 13.5. The molecule has 3 heterocycles. The lowest BCUT2D eigenvalue weighted by molar-refractivity contribution is -0.126. The number of carbonyl (C=O) groups excluding carboxylic acids is 1. The van der Waals surface area contributed by atoms with Gasteiger partial charge in [-0.15, -0.1) is 0 Å². The smallest absolute Gasteiger partial charge is 0.261 e. The molecule has 3 aromatic rings. The van der Waals surface area contributed by atoms with Crippen molar-refractivity contribution >= 4 is 46.2 Å². The predicted octanol–water partition coefficient (Wildman–Crippen LogP) is 6.38. The van der Waals surface area contributed by atoms with Gasteiger partial charge in [0.25, 0.3) is 5.91 Å². The Kier molecular flexibility index (Phi) is 7.00. The summed E-state index contributed by atoms with van der Waals surface area (Å²) in [5, 5.41) is 1.72. The summed E-state index contributed by atoms with van der Waals surface area (Å²) in [7, 11) is 0. The van der Waals surface area contributed by atoms with Gasteiger partial charge in [0.1, 0.15) is 5.37 Å². The zero-order chi connectivity index (χ0) is 22.6. The fourth-order valence-corrected chi connectivity index (χ4v) is 6.14. The Labute approximate surface area is 204 Å². The minimum absolute atomic E-state index is 0.0581. The zero-order valence-corrected chi connectivity index (χ0v) is 20.2. The van der Waals surface area contributed by atoms with Crippen LogP contribution in [0.5, 0.6) is 0 Å². The Hall–Kier alpha value is -2.34. The lowest BCUT2D eigenvalue weighted by Crippen LogP contribution is -2.34. The van der Waals surface area contributed by atoms with E-state index in [2.05, 4.69) is 28.1 Å². The number of piperidine rings is 1. The zero-order valence-electron chi connectivity index (χ0n) is 18.6. The van der Waals surface area contributed by atoms with E-state index in [0.29, 0.717) is 5.02 Å². The number of carbonyl (C=O) groups is 1. The van der Waals surface area contributed by atoms with Crippen LogP contribution in [0.15, 0.2) is 65.7 Å². The van der Waals surface area contributed by atoms with Gasteiger partial charge in [-0.1, -0.05) is 60.1 Å². The number of nitrogens with zero attached hydrogens (tertiary/aromatic N) is 3. The van der Waals surface area contributed by atoms with E-state index in [-0.39, 0.29) is 11.3 Å². The van der Waals surface area contributed by atoms with Gasteiger partial charge in [-0.25, -0.2) is 0 Å². The summed E-state index contributed by atoms with van der Waals surface area (Å²) in [6.07, 6.45) is 8.72. The molecule has 0 bridgehead atoms. The molecule has 4 nitrogen and oxygen atoms in total. The number of rotatable bonds is 6. The van der Waals surface area contributed by atoms with Gasteiger partial charge in [-0.2, -0.15) is 0 Å². The molecule has 1 amide bonds. The average Bonchev–Trinajstić information content (AvgIpc) is 3.15. The molecule has 0 N–H and O–H groups in total. The molecule has 2 aliphatic heterocycles. The van der Waals surface area contributed by atoms with E-state index in [4.69, 9.17) is 11.6 Å². The lowest BCUT2D eigenvalue weighted by Gasteiger charge is -2.28. The molecule has 0 spiro atoms. The van der Waals surface area contributed by atoms with Gasteiger partial charge >= 0.3 is 0 Å². The van der Waals surface area contributed by atoms with Crippen molar-refractivity contribution in [1.82, 2.24) is 14.8 Å². The minimum Gasteiger partial charge on any atom is -0.322 e. The van der Waals surface area contributed by atoms with E-state index in [1.165, 1.54) is 32.4 Å². The first kappa shape index (κ1) is 22.5. The Bertz CT molecular complexity index is 1170. The molecule has 170 valence electrons. The van der Waals surface area contributed by atoms with Crippen LogP contribution in [0.25, 0.3) is 17.0 Å². The molecule has 1 aromatic heterocycles. The van der Waals surface area contributed by atoms with Crippen LogP contribution in [0, 0.1) is 0 Å². The Morgan fingerprint density at radius 1 is 1.03 bits per heavy atom. The summed E-state index contributed by atoms with van der Waals surface area (Å²) in [6.45, 7) is 4.15. The highest BCUT2D eigenvalue weighted by atomic mass is 35.5. The van der Waals surface area contributed by atoms with Crippen LogP contribution in [-0.2, 0) is 4.79 Å². The molecule has 2 aromatic carbocycles. The van der Waals surface area contributed by atoms with E-state index in [0.717, 1.165) is 46.4 Å². The number of halogens is 1. The number of thioether (sulfide) groups is 1. The molecule has 6 heteroatoms. The second-order valence-corrected chi connectivity index (χ2v) is 10.3. The second kappa shape index (κ2) is 10.3. The standard InChI is InChI=1S/C27H28ClN3OS/c28-23-10-6-9-22(18-23)27-31(15-7-14-30-12-4-1-5-13-30)26(32)25(33-27)17-20-16-21-8-2-3-11-24(21)29-19-20/h2-3,6,8-11,16-19,27H,1,4-5,7,12-15H2/b25-17+. The van der Waals surface area contributed by atoms with Gasteiger partial charge in [-0.05, 0) is 80.4 Å². The van der Waals surface area contributed by atoms with Crippen molar-refractivity contribution in [2.45, 2.75) is 31.1 Å². The van der Waals surface area contributed by atoms with Crippen molar-refractivity contribution in [2.24, 2.45) is 0 Å². The number of aromatic nitrogens is 1. The molecule has 33 heavy (non-hydrogen) atoms. The van der Waals surface area contributed by atoms with Gasteiger partial charge in [0, 0.05) is 23.2 Å². The summed E-state index contributed by atoms with van der Waals surface area (Å²) in [4.78, 5) is 23.4. The van der Waals surface area contributed by atoms with Crippen molar-refractivity contribution < 1.29 is 4.79 Å². The van der Waals surface area contributed by atoms with Crippen LogP contribution >= 0.6 is 23.4 Å². The fraction of sp³-hybridized carbons (Fsp3) is 0.333. The third kappa shape index (κ3) is 5.26. The van der Waals surface area contributed by atoms with Crippen molar-refractivity contribution in [3.8, 4) is 0 Å². The molecular formula is C27H28ClN3OS. The topological polar surface area (TPSA) is 36.4 Å². The third-order valence-corrected chi connectivity index (χ3v) is 7.89. The normalized spacial score (nSPS) is 20.8. The molecule has 5 rings (SSSR count). The van der Waals surface area contributed by atoms with Crippen LogP contribution < -0.4 is 0 Å². The SMILES string of the molecule is O=C1/C(=C\c2cnc3ccccc3c2)SC(c2cccc(Cl)c2)N1CCCN1CCCCC1. The Balaban J connectivity index is 1.38. The van der Waals surface area contributed by atoms with E-state index < -0.39 is 0 Å². The highest BCUT2D eigenvalue weighted by Gasteiger charge is 2.37. The van der Waals surface area contributed by atoms with E-state index >= 15 is 0 Å². The average molecular weight is 478 g/mol. The maximum atomic E-state index is 13.5. The quantitative estimate of drug-likeness (QED) is 0.386. The van der Waals surface area contributed by atoms with Crippen LogP contribution in [0.1, 0.15) is 42.2 Å². The lowest BCUT2D eigenvalue weighted by atomic mass is 10.1. The molecule has 1 atom stereocenters. The number of fused-ring (bicyclic) bond motifs is 1. The van der Waals surface area contributed by atoms with Crippen molar-refractivity contribution in [3.63, 3.8) is 0 Å². The van der Waals surface area contributed by atoms with E-state index in [1.54, 1.807) is 11.8 Å². The van der Waals surface area contributed by atoms with Crippen molar-refractivity contribution in [1.29, 1.82) is 0 Å². The van der Waals surface area contributed by atoms with Crippen molar-refractivity contribution in [3.05, 3.63) is 81.8 Å². The first-order valence-electron chi connectivity index (χ1n) is 11.7. The first-order valence-corrected chi connectivity index (χ1v) is 12.9. The van der Waals surface area contributed by atoms with Gasteiger partial charge in [0.2, 0.25) is 0 Å². The molecule has 1 unspecified atom stereocenters. The monoisotopic (exact) mass is 477 g/mol. The summed E-state index contributed by atoms with van der Waals surface area (Å²) >= 11 is 7.91. The molecule has 0 radical (unpaired) electrons. The highest BCUT2D eigenvalue weighted by molar-refractivity contribution is 8.04. The summed E-state index contributed by atoms with van der Waals surface area (Å²) in [6, 6.07) is 18.0. The first-order chi connectivity index (χ1) is 16.2. The number of likely N-dealkylation sites (tertiary alicyclic amines) is 1. The minimum atomic E-state index is -0.0581. The summed E-state index contributed by atoms with van der Waals surface area (Å²) < 4.78 is 0. The van der Waals surface area contributed by atoms with Gasteiger partial charge < -0.3 is 9.80 Å². The largest absolute Gasteiger partial charge is 0.322 e. The number of para-hydroxylation sites is 1. The van der Waals surface area contributed by atoms with Crippen LogP contribution in [0.2, 0.25) is 5.02 Å². The molecule has 0 saturated carbocycles. The summed E-state index contributed by atoms with van der Waals surface area (Å²) in [5.74, 6) is 0.0942. The van der Waals surface area contributed by atoms with Gasteiger partial charge in [0.05, 0.1) is 10.4 Å². The number of benzene rings is 2. The molecule has 2 aliphatic rings. The van der Waals surface area contributed by atoms with E-state index in [1.807, 2.05) is 53.6 Å². The number of pyridine rings is 1. The molecular weight excluding hydrogens is 450 g/mol.